The second-order valence-electron chi connectivity index (χ2n) is 9.25. The van der Waals surface area contributed by atoms with Crippen LogP contribution in [0.25, 0.3) is 33.6 Å². The van der Waals surface area contributed by atoms with Gasteiger partial charge < -0.3 is 15.1 Å². The van der Waals surface area contributed by atoms with Gasteiger partial charge in [0, 0.05) is 30.2 Å². The Hall–Kier alpha value is -4.42. The lowest BCUT2D eigenvalue weighted by Gasteiger charge is -2.16. The molecule has 1 unspecified atom stereocenters. The molecule has 0 aliphatic carbocycles. The van der Waals surface area contributed by atoms with Gasteiger partial charge in [-0.05, 0) is 42.0 Å². The van der Waals surface area contributed by atoms with Crippen molar-refractivity contribution in [3.8, 4) is 22.5 Å². The van der Waals surface area contributed by atoms with Crippen LogP contribution in [0.4, 0.5) is 36.6 Å². The molecule has 0 saturated carbocycles. The Balaban J connectivity index is 1.89. The summed E-state index contributed by atoms with van der Waals surface area (Å²) in [6.07, 6.45) is -10.1. The van der Waals surface area contributed by atoms with E-state index in [0.29, 0.717) is 5.56 Å². The lowest BCUT2D eigenvalue weighted by Crippen LogP contribution is -2.23. The molecule has 0 spiro atoms. The van der Waals surface area contributed by atoms with E-state index in [0.717, 1.165) is 19.1 Å². The van der Waals surface area contributed by atoms with Crippen molar-refractivity contribution in [3.63, 3.8) is 0 Å². The molecule has 216 valence electrons. The van der Waals surface area contributed by atoms with Gasteiger partial charge in [0.05, 0.1) is 16.9 Å². The molecule has 0 saturated heterocycles. The lowest BCUT2D eigenvalue weighted by molar-refractivity contribution is -0.168. The van der Waals surface area contributed by atoms with Gasteiger partial charge in [0.25, 0.3) is 5.91 Å². The summed E-state index contributed by atoms with van der Waals surface area (Å²) in [6.45, 7) is -0.620. The number of nitrogens with zero attached hydrogens (tertiary/aromatic N) is 1. The highest BCUT2D eigenvalue weighted by molar-refractivity contribution is 6.11. The standard InChI is InChI=1S/C28H22F7N3O3/c1-14(28(33,34)35)10-21(39)17-5-3-4-16(11-17)19-12-20-22(25(40)36-2)23(15-6-8-18(29)9-7-15)41-26(20)38-24(19)37-13-27(30,31)32/h3-9,11-12,14H,10,13H2,1-2H3,(H,36,40)(H,37,38). The van der Waals surface area contributed by atoms with Crippen LogP contribution in [0.2, 0.25) is 0 Å². The normalized spacial score (nSPS) is 12.8. The number of hydrogen-bond acceptors (Lipinski definition) is 5. The van der Waals surface area contributed by atoms with Crippen molar-refractivity contribution in [1.82, 2.24) is 10.3 Å². The largest absolute Gasteiger partial charge is 0.437 e. The number of halogens is 7. The van der Waals surface area contributed by atoms with E-state index >= 15 is 0 Å². The van der Waals surface area contributed by atoms with Gasteiger partial charge in [-0.3, -0.25) is 9.59 Å². The molecule has 0 fully saturated rings. The second kappa shape index (κ2) is 11.2. The molecule has 2 aromatic heterocycles. The number of carbonyl (C=O) groups excluding carboxylic acids is 2. The Bertz CT molecular complexity index is 1590. The number of rotatable bonds is 8. The third-order valence-electron chi connectivity index (χ3n) is 6.25. The van der Waals surface area contributed by atoms with Gasteiger partial charge in [-0.15, -0.1) is 0 Å². The molecule has 1 atom stereocenters. The summed E-state index contributed by atoms with van der Waals surface area (Å²) in [5.74, 6) is -4.24. The molecule has 0 radical (unpaired) electrons. The fraction of sp³-hybridized carbons (Fsp3) is 0.250. The number of amides is 1. The first-order valence-electron chi connectivity index (χ1n) is 12.1. The Kier molecular flexibility index (Phi) is 8.09. The van der Waals surface area contributed by atoms with Crippen LogP contribution in [0.1, 0.15) is 34.1 Å². The summed E-state index contributed by atoms with van der Waals surface area (Å²) in [5.41, 5.74) is 0.143. The van der Waals surface area contributed by atoms with Gasteiger partial charge in [0.15, 0.2) is 5.78 Å². The maximum Gasteiger partial charge on any atom is 0.405 e. The van der Waals surface area contributed by atoms with Crippen LogP contribution in [0.3, 0.4) is 0 Å². The highest BCUT2D eigenvalue weighted by Crippen LogP contribution is 2.39. The minimum atomic E-state index is -4.64. The average molecular weight is 581 g/mol. The van der Waals surface area contributed by atoms with Crippen LogP contribution in [0, 0.1) is 11.7 Å². The van der Waals surface area contributed by atoms with Crippen LogP contribution >= 0.6 is 0 Å². The smallest absolute Gasteiger partial charge is 0.405 e. The number of aromatic nitrogens is 1. The van der Waals surface area contributed by atoms with Gasteiger partial charge in [0.1, 0.15) is 23.9 Å². The molecule has 6 nitrogen and oxygen atoms in total. The molecule has 4 rings (SSSR count). The third-order valence-corrected chi connectivity index (χ3v) is 6.25. The van der Waals surface area contributed by atoms with Crippen molar-refractivity contribution in [2.24, 2.45) is 5.92 Å². The first-order valence-corrected chi connectivity index (χ1v) is 12.1. The first kappa shape index (κ1) is 29.6. The molecule has 0 bridgehead atoms. The second-order valence-corrected chi connectivity index (χ2v) is 9.25. The van der Waals surface area contributed by atoms with Gasteiger partial charge in [0.2, 0.25) is 5.71 Å². The number of hydrogen-bond donors (Lipinski definition) is 2. The van der Waals surface area contributed by atoms with Crippen LogP contribution < -0.4 is 10.6 Å². The van der Waals surface area contributed by atoms with Crippen molar-refractivity contribution in [1.29, 1.82) is 0 Å². The van der Waals surface area contributed by atoms with E-state index in [-0.39, 0.29) is 44.9 Å². The number of nitrogens with one attached hydrogen (secondary N) is 2. The number of pyridine rings is 1. The fourth-order valence-corrected chi connectivity index (χ4v) is 4.09. The van der Waals surface area contributed by atoms with Crippen LogP contribution in [-0.4, -0.2) is 42.6 Å². The highest BCUT2D eigenvalue weighted by Gasteiger charge is 2.37. The number of anilines is 1. The number of fused-ring (bicyclic) bond motifs is 1. The molecule has 2 aromatic carbocycles. The Morgan fingerprint density at radius 1 is 0.976 bits per heavy atom. The molecule has 2 N–H and O–H groups in total. The topological polar surface area (TPSA) is 84.2 Å². The predicted octanol–water partition coefficient (Wildman–Crippen LogP) is 7.41. The van der Waals surface area contributed by atoms with E-state index in [1.165, 1.54) is 49.5 Å². The Morgan fingerprint density at radius 2 is 1.66 bits per heavy atom. The van der Waals surface area contributed by atoms with E-state index in [1.54, 1.807) is 0 Å². The summed E-state index contributed by atoms with van der Waals surface area (Å²) >= 11 is 0. The van der Waals surface area contributed by atoms with E-state index in [4.69, 9.17) is 4.42 Å². The minimum Gasteiger partial charge on any atom is -0.437 e. The molecule has 0 aliphatic heterocycles. The Labute approximate surface area is 228 Å². The van der Waals surface area contributed by atoms with Gasteiger partial charge in [-0.25, -0.2) is 4.39 Å². The summed E-state index contributed by atoms with van der Waals surface area (Å²) < 4.78 is 97.7. The Morgan fingerprint density at radius 3 is 2.27 bits per heavy atom. The first-order chi connectivity index (χ1) is 19.2. The van der Waals surface area contributed by atoms with E-state index in [2.05, 4.69) is 15.6 Å². The van der Waals surface area contributed by atoms with E-state index in [1.807, 2.05) is 0 Å². The zero-order chi connectivity index (χ0) is 30.1. The number of ketones is 1. The maximum absolute atomic E-state index is 13.5. The predicted molar refractivity (Wildman–Crippen MR) is 137 cm³/mol. The summed E-state index contributed by atoms with van der Waals surface area (Å²) in [5, 5.41) is 4.73. The van der Waals surface area contributed by atoms with Gasteiger partial charge in [-0.1, -0.05) is 25.1 Å². The molecular weight excluding hydrogens is 559 g/mol. The summed E-state index contributed by atoms with van der Waals surface area (Å²) in [7, 11) is 1.35. The van der Waals surface area contributed by atoms with Crippen molar-refractivity contribution in [2.75, 3.05) is 18.9 Å². The zero-order valence-corrected chi connectivity index (χ0v) is 21.5. The van der Waals surface area contributed by atoms with Gasteiger partial charge in [-0.2, -0.15) is 31.3 Å². The third kappa shape index (κ3) is 6.67. The minimum absolute atomic E-state index is 0.0177. The molecule has 13 heteroatoms. The maximum atomic E-state index is 13.5. The van der Waals surface area contributed by atoms with Crippen LogP contribution in [-0.2, 0) is 0 Å². The lowest BCUT2D eigenvalue weighted by atomic mass is 9.95. The average Bonchev–Trinajstić information content (AvgIpc) is 3.28. The monoisotopic (exact) mass is 581 g/mol. The van der Waals surface area contributed by atoms with Crippen LogP contribution in [0.15, 0.2) is 59.0 Å². The number of benzene rings is 2. The van der Waals surface area contributed by atoms with Gasteiger partial charge >= 0.3 is 12.4 Å². The van der Waals surface area contributed by atoms with Crippen molar-refractivity contribution >= 4 is 28.6 Å². The zero-order valence-electron chi connectivity index (χ0n) is 21.5. The SMILES string of the molecule is CNC(=O)c1c(-c2ccc(F)cc2)oc2nc(NCC(F)(F)F)c(-c3cccc(C(=O)CC(C)C(F)(F)F)c3)cc12. The van der Waals surface area contributed by atoms with Crippen molar-refractivity contribution in [2.45, 2.75) is 25.7 Å². The molecule has 4 aromatic rings. The number of Topliss-reactive ketones (excluding diaryl/α,β-unsaturated/α-hetero) is 1. The number of carbonyl (C=O) groups is 2. The van der Waals surface area contributed by atoms with E-state index in [9.17, 15) is 40.3 Å². The van der Waals surface area contributed by atoms with E-state index < -0.39 is 48.7 Å². The molecule has 1 amide bonds. The number of furan rings is 1. The fourth-order valence-electron chi connectivity index (χ4n) is 4.09. The van der Waals surface area contributed by atoms with Crippen molar-refractivity contribution in [3.05, 3.63) is 71.5 Å². The number of alkyl halides is 6. The summed E-state index contributed by atoms with van der Waals surface area (Å²) in [4.78, 5) is 29.7. The summed E-state index contributed by atoms with van der Waals surface area (Å²) in [6, 6.07) is 11.6. The highest BCUT2D eigenvalue weighted by atomic mass is 19.4. The van der Waals surface area contributed by atoms with Crippen LogP contribution in [0.5, 0.6) is 0 Å². The van der Waals surface area contributed by atoms with Crippen molar-refractivity contribution < 1.29 is 44.7 Å². The molecule has 2 heterocycles. The quantitative estimate of drug-likeness (QED) is 0.167. The molecule has 41 heavy (non-hydrogen) atoms. The molecular formula is C28H22F7N3O3. The molecule has 0 aliphatic rings.